The molecule has 0 radical (unpaired) electrons. The average Bonchev–Trinajstić information content (AvgIpc) is 2.25. The number of fused-ring (bicyclic) bond motifs is 1. The summed E-state index contributed by atoms with van der Waals surface area (Å²) in [4.78, 5) is 16.1. The fourth-order valence-corrected chi connectivity index (χ4v) is 1.72. The van der Waals surface area contributed by atoms with Crippen molar-refractivity contribution in [2.45, 2.75) is 20.3 Å². The van der Waals surface area contributed by atoms with Crippen molar-refractivity contribution in [1.82, 2.24) is 9.38 Å². The Morgan fingerprint density at radius 2 is 2.27 bits per heavy atom. The first-order chi connectivity index (χ1) is 7.15. The highest BCUT2D eigenvalue weighted by atomic mass is 35.5. The number of aryl methyl sites for hydroxylation is 1. The molecule has 2 heterocycles. The van der Waals surface area contributed by atoms with Gasteiger partial charge in [-0.3, -0.25) is 9.20 Å². The van der Waals surface area contributed by atoms with Gasteiger partial charge in [-0.2, -0.15) is 0 Å². The van der Waals surface area contributed by atoms with Gasteiger partial charge in [0.15, 0.2) is 0 Å². The molecular weight excluding hydrogens is 212 g/mol. The van der Waals surface area contributed by atoms with Crippen molar-refractivity contribution in [2.24, 2.45) is 0 Å². The third kappa shape index (κ3) is 1.53. The zero-order valence-electron chi connectivity index (χ0n) is 8.62. The lowest BCUT2D eigenvalue weighted by atomic mass is 10.2. The maximum atomic E-state index is 11.9. The van der Waals surface area contributed by atoms with Crippen LogP contribution in [-0.4, -0.2) is 9.38 Å². The summed E-state index contributed by atoms with van der Waals surface area (Å²) in [5.74, 6) is 0. The molecule has 2 aromatic heterocycles. The number of nitrogens with zero attached hydrogens (tertiary/aromatic N) is 2. The van der Waals surface area contributed by atoms with E-state index in [4.69, 9.17) is 11.6 Å². The number of hydrogen-bond donors (Lipinski definition) is 0. The van der Waals surface area contributed by atoms with E-state index in [1.165, 1.54) is 0 Å². The van der Waals surface area contributed by atoms with Crippen LogP contribution >= 0.6 is 11.6 Å². The highest BCUT2D eigenvalue weighted by Crippen LogP contribution is 2.13. The van der Waals surface area contributed by atoms with Crippen molar-refractivity contribution in [3.63, 3.8) is 0 Å². The topological polar surface area (TPSA) is 34.4 Å². The molecule has 0 atom stereocenters. The Morgan fingerprint density at radius 3 is 2.93 bits per heavy atom. The van der Waals surface area contributed by atoms with Gasteiger partial charge in [0.2, 0.25) is 0 Å². The summed E-state index contributed by atoms with van der Waals surface area (Å²) in [5, 5.41) is 0.293. The van der Waals surface area contributed by atoms with Crippen LogP contribution in [-0.2, 0) is 6.42 Å². The minimum Gasteiger partial charge on any atom is -0.269 e. The first-order valence-electron chi connectivity index (χ1n) is 4.81. The van der Waals surface area contributed by atoms with Crippen molar-refractivity contribution in [3.8, 4) is 0 Å². The molecule has 0 saturated carbocycles. The van der Waals surface area contributed by atoms with Crippen molar-refractivity contribution in [3.05, 3.63) is 45.0 Å². The summed E-state index contributed by atoms with van der Waals surface area (Å²) < 4.78 is 1.54. The van der Waals surface area contributed by atoms with Gasteiger partial charge in [0.1, 0.15) is 10.8 Å². The number of hydrogen-bond acceptors (Lipinski definition) is 2. The van der Waals surface area contributed by atoms with Crippen LogP contribution < -0.4 is 5.56 Å². The second-order valence-electron chi connectivity index (χ2n) is 3.41. The van der Waals surface area contributed by atoms with Gasteiger partial charge in [0, 0.05) is 6.20 Å². The van der Waals surface area contributed by atoms with Crippen LogP contribution in [0.25, 0.3) is 5.65 Å². The Labute approximate surface area is 92.3 Å². The first kappa shape index (κ1) is 10.2. The van der Waals surface area contributed by atoms with Gasteiger partial charge in [-0.15, -0.1) is 0 Å². The molecule has 0 aliphatic carbocycles. The van der Waals surface area contributed by atoms with Gasteiger partial charge in [-0.25, -0.2) is 4.98 Å². The van der Waals surface area contributed by atoms with E-state index in [1.54, 1.807) is 17.5 Å². The lowest BCUT2D eigenvalue weighted by molar-refractivity contribution is 0.983. The Kier molecular flexibility index (Phi) is 2.49. The Bertz CT molecular complexity index is 575. The molecule has 4 heteroatoms. The summed E-state index contributed by atoms with van der Waals surface area (Å²) in [7, 11) is 0. The fourth-order valence-electron chi connectivity index (χ4n) is 1.56. The van der Waals surface area contributed by atoms with E-state index >= 15 is 0 Å². The van der Waals surface area contributed by atoms with Crippen LogP contribution in [0.3, 0.4) is 0 Å². The number of halogens is 1. The predicted octanol–water partition coefficient (Wildman–Crippen LogP) is 2.22. The smallest absolute Gasteiger partial charge is 0.262 e. The molecule has 0 unspecified atom stereocenters. The monoisotopic (exact) mass is 222 g/mol. The van der Waals surface area contributed by atoms with E-state index in [0.717, 1.165) is 12.0 Å². The Hall–Kier alpha value is -1.35. The standard InChI is InChI=1S/C11H11ClN2O/c1-3-8-5-4-6-14-10(8)13-9(12)7(2)11(14)15/h4-6H,3H2,1-2H3. The van der Waals surface area contributed by atoms with E-state index in [9.17, 15) is 4.79 Å². The molecule has 0 aromatic carbocycles. The van der Waals surface area contributed by atoms with Crippen LogP contribution in [0.15, 0.2) is 23.1 Å². The minimum absolute atomic E-state index is 0.0969. The van der Waals surface area contributed by atoms with E-state index in [1.807, 2.05) is 19.1 Å². The third-order valence-corrected chi connectivity index (χ3v) is 2.85. The lowest BCUT2D eigenvalue weighted by Crippen LogP contribution is -2.18. The van der Waals surface area contributed by atoms with Gasteiger partial charge in [-0.1, -0.05) is 24.6 Å². The van der Waals surface area contributed by atoms with E-state index < -0.39 is 0 Å². The Morgan fingerprint density at radius 1 is 1.53 bits per heavy atom. The second kappa shape index (κ2) is 3.66. The average molecular weight is 223 g/mol. The molecule has 2 aromatic rings. The summed E-state index contributed by atoms with van der Waals surface area (Å²) in [6.07, 6.45) is 2.54. The first-order valence-corrected chi connectivity index (χ1v) is 5.19. The quantitative estimate of drug-likeness (QED) is 0.694. The molecule has 2 rings (SSSR count). The van der Waals surface area contributed by atoms with E-state index in [0.29, 0.717) is 16.4 Å². The number of rotatable bonds is 1. The van der Waals surface area contributed by atoms with Crippen LogP contribution in [0.5, 0.6) is 0 Å². The van der Waals surface area contributed by atoms with E-state index in [2.05, 4.69) is 4.98 Å². The molecule has 0 N–H and O–H groups in total. The molecule has 3 nitrogen and oxygen atoms in total. The third-order valence-electron chi connectivity index (χ3n) is 2.48. The molecule has 0 bridgehead atoms. The SMILES string of the molecule is CCc1cccn2c(=O)c(C)c(Cl)nc12. The number of pyridine rings is 1. The zero-order valence-corrected chi connectivity index (χ0v) is 9.38. The highest BCUT2D eigenvalue weighted by molar-refractivity contribution is 6.30. The molecule has 15 heavy (non-hydrogen) atoms. The summed E-state index contributed by atoms with van der Waals surface area (Å²) in [6, 6.07) is 3.80. The van der Waals surface area contributed by atoms with Crippen LogP contribution in [0.2, 0.25) is 5.15 Å². The molecule has 0 aliphatic rings. The van der Waals surface area contributed by atoms with Crippen LogP contribution in [0.4, 0.5) is 0 Å². The molecular formula is C11H11ClN2O. The maximum absolute atomic E-state index is 11.9. The van der Waals surface area contributed by atoms with Crippen molar-refractivity contribution >= 4 is 17.2 Å². The summed E-state index contributed by atoms with van der Waals surface area (Å²) in [5.41, 5.74) is 2.07. The van der Waals surface area contributed by atoms with E-state index in [-0.39, 0.29) is 5.56 Å². The lowest BCUT2D eigenvalue weighted by Gasteiger charge is -2.06. The number of aromatic nitrogens is 2. The van der Waals surface area contributed by atoms with Crippen molar-refractivity contribution in [2.75, 3.05) is 0 Å². The minimum atomic E-state index is -0.0969. The largest absolute Gasteiger partial charge is 0.269 e. The molecule has 0 saturated heterocycles. The van der Waals surface area contributed by atoms with Gasteiger partial charge in [0.25, 0.3) is 5.56 Å². The van der Waals surface area contributed by atoms with Crippen LogP contribution in [0, 0.1) is 6.92 Å². The maximum Gasteiger partial charge on any atom is 0.262 e. The normalized spacial score (nSPS) is 10.9. The molecule has 78 valence electrons. The van der Waals surface area contributed by atoms with Gasteiger partial charge in [0.05, 0.1) is 5.56 Å². The second-order valence-corrected chi connectivity index (χ2v) is 3.77. The summed E-state index contributed by atoms with van der Waals surface area (Å²) >= 11 is 5.90. The van der Waals surface area contributed by atoms with Crippen LogP contribution in [0.1, 0.15) is 18.1 Å². The Balaban J connectivity index is 2.98. The van der Waals surface area contributed by atoms with Crippen molar-refractivity contribution < 1.29 is 0 Å². The molecule has 0 aliphatic heterocycles. The molecule has 0 amide bonds. The molecule has 0 fully saturated rings. The summed E-state index contributed by atoms with van der Waals surface area (Å²) in [6.45, 7) is 3.71. The van der Waals surface area contributed by atoms with Gasteiger partial charge in [-0.05, 0) is 25.0 Å². The highest BCUT2D eigenvalue weighted by Gasteiger charge is 2.08. The van der Waals surface area contributed by atoms with Gasteiger partial charge < -0.3 is 0 Å². The predicted molar refractivity (Wildman–Crippen MR) is 60.6 cm³/mol. The van der Waals surface area contributed by atoms with Gasteiger partial charge >= 0.3 is 0 Å². The zero-order chi connectivity index (χ0) is 11.0. The molecule has 0 spiro atoms. The fraction of sp³-hybridized carbons (Fsp3) is 0.273. The van der Waals surface area contributed by atoms with Crippen molar-refractivity contribution in [1.29, 1.82) is 0 Å².